The molecule has 0 aliphatic rings. The number of para-hydroxylation sites is 1. The maximum atomic E-state index is 12.7. The summed E-state index contributed by atoms with van der Waals surface area (Å²) in [6, 6.07) is 28.1. The van der Waals surface area contributed by atoms with E-state index in [0.29, 0.717) is 23.1 Å². The Balaban J connectivity index is 1.25. The van der Waals surface area contributed by atoms with Crippen molar-refractivity contribution >= 4 is 45.6 Å². The van der Waals surface area contributed by atoms with E-state index in [2.05, 4.69) is 30.9 Å². The Kier molecular flexibility index (Phi) is 6.40. The third kappa shape index (κ3) is 5.39. The van der Waals surface area contributed by atoms with E-state index in [1.807, 2.05) is 91.9 Å². The summed E-state index contributed by atoms with van der Waals surface area (Å²) in [4.78, 5) is 26.2. The molecule has 0 saturated heterocycles. The highest BCUT2D eigenvalue weighted by atomic mass is 16.5. The van der Waals surface area contributed by atoms with Crippen LogP contribution in [0.25, 0.3) is 10.9 Å². The van der Waals surface area contributed by atoms with Gasteiger partial charge in [-0.3, -0.25) is 4.79 Å². The molecule has 0 spiro atoms. The van der Waals surface area contributed by atoms with Crippen LogP contribution in [0.15, 0.2) is 91.0 Å². The zero-order chi connectivity index (χ0) is 24.9. The third-order valence-corrected chi connectivity index (χ3v) is 5.45. The number of carbonyl (C=O) groups is 1. The normalized spacial score (nSPS) is 10.6. The molecule has 5 rings (SSSR count). The Morgan fingerprint density at radius 3 is 2.22 bits per heavy atom. The minimum absolute atomic E-state index is 0.266. The summed E-state index contributed by atoms with van der Waals surface area (Å²) >= 11 is 0. The molecule has 8 nitrogen and oxygen atoms in total. The van der Waals surface area contributed by atoms with Crippen LogP contribution in [0, 0.1) is 6.92 Å². The number of hydrogen-bond donors (Lipinski definition) is 3. The van der Waals surface area contributed by atoms with Gasteiger partial charge in [-0.15, -0.1) is 0 Å². The number of rotatable bonds is 7. The first-order chi connectivity index (χ1) is 17.6. The lowest BCUT2D eigenvalue weighted by Crippen LogP contribution is -2.13. The van der Waals surface area contributed by atoms with Crippen LogP contribution in [0.1, 0.15) is 16.2 Å². The number of fused-ring (bicyclic) bond motifs is 1. The number of hydrogen-bond acceptors (Lipinski definition) is 7. The van der Waals surface area contributed by atoms with Crippen molar-refractivity contribution in [1.82, 2.24) is 15.0 Å². The van der Waals surface area contributed by atoms with Gasteiger partial charge in [0.2, 0.25) is 5.95 Å². The van der Waals surface area contributed by atoms with Gasteiger partial charge < -0.3 is 20.7 Å². The molecule has 0 saturated carbocycles. The van der Waals surface area contributed by atoms with Crippen molar-refractivity contribution in [2.24, 2.45) is 0 Å². The predicted molar refractivity (Wildman–Crippen MR) is 142 cm³/mol. The molecule has 36 heavy (non-hydrogen) atoms. The quantitative estimate of drug-likeness (QED) is 0.262. The molecular formula is C28H24N6O2. The molecule has 2 aromatic heterocycles. The van der Waals surface area contributed by atoms with Crippen molar-refractivity contribution in [1.29, 1.82) is 0 Å². The van der Waals surface area contributed by atoms with Gasteiger partial charge in [0.15, 0.2) is 0 Å². The number of pyridine rings is 1. The first-order valence-electron chi connectivity index (χ1n) is 11.4. The topological polar surface area (TPSA) is 101 Å². The van der Waals surface area contributed by atoms with Crippen molar-refractivity contribution in [2.45, 2.75) is 6.92 Å². The fourth-order valence-electron chi connectivity index (χ4n) is 3.66. The summed E-state index contributed by atoms with van der Waals surface area (Å²) in [7, 11) is 1.64. The molecule has 3 N–H and O–H groups in total. The Morgan fingerprint density at radius 1 is 0.750 bits per heavy atom. The molecule has 5 aromatic rings. The van der Waals surface area contributed by atoms with Crippen molar-refractivity contribution in [3.8, 4) is 5.75 Å². The number of ether oxygens (including phenoxy) is 1. The van der Waals surface area contributed by atoms with Crippen LogP contribution < -0.4 is 20.7 Å². The first kappa shape index (κ1) is 22.8. The summed E-state index contributed by atoms with van der Waals surface area (Å²) in [5.74, 6) is 1.65. The Labute approximate surface area is 208 Å². The number of methoxy groups -OCH3 is 1. The number of benzene rings is 3. The number of carbonyl (C=O) groups excluding carboxylic acids is 1. The van der Waals surface area contributed by atoms with Gasteiger partial charge in [0.1, 0.15) is 17.3 Å². The number of aromatic nitrogens is 3. The molecule has 1 amide bonds. The predicted octanol–water partition coefficient (Wildman–Crippen LogP) is 6.08. The van der Waals surface area contributed by atoms with Crippen LogP contribution in [-0.4, -0.2) is 28.0 Å². The smallest absolute Gasteiger partial charge is 0.274 e. The highest BCUT2D eigenvalue weighted by molar-refractivity contribution is 6.04. The van der Waals surface area contributed by atoms with E-state index in [1.54, 1.807) is 13.2 Å². The average molecular weight is 477 g/mol. The second-order valence-electron chi connectivity index (χ2n) is 8.12. The lowest BCUT2D eigenvalue weighted by atomic mass is 10.2. The number of anilines is 5. The van der Waals surface area contributed by atoms with Crippen LogP contribution in [0.3, 0.4) is 0 Å². The van der Waals surface area contributed by atoms with Gasteiger partial charge in [-0.1, -0.05) is 24.3 Å². The molecule has 178 valence electrons. The zero-order valence-corrected chi connectivity index (χ0v) is 19.8. The van der Waals surface area contributed by atoms with E-state index < -0.39 is 0 Å². The monoisotopic (exact) mass is 476 g/mol. The van der Waals surface area contributed by atoms with Crippen molar-refractivity contribution in [2.75, 3.05) is 23.1 Å². The van der Waals surface area contributed by atoms with Gasteiger partial charge in [-0.25, -0.2) is 9.97 Å². The lowest BCUT2D eigenvalue weighted by molar-refractivity contribution is 0.102. The lowest BCUT2D eigenvalue weighted by Gasteiger charge is -2.11. The molecule has 0 aliphatic carbocycles. The minimum atomic E-state index is -0.266. The maximum Gasteiger partial charge on any atom is 0.274 e. The summed E-state index contributed by atoms with van der Waals surface area (Å²) in [6.07, 6.45) is 0. The van der Waals surface area contributed by atoms with Crippen LogP contribution in [0.2, 0.25) is 0 Å². The highest BCUT2D eigenvalue weighted by Crippen LogP contribution is 2.22. The number of nitrogens with one attached hydrogen (secondary N) is 3. The van der Waals surface area contributed by atoms with Crippen LogP contribution >= 0.6 is 0 Å². The third-order valence-electron chi connectivity index (χ3n) is 5.45. The van der Waals surface area contributed by atoms with Gasteiger partial charge >= 0.3 is 0 Å². The summed E-state index contributed by atoms with van der Waals surface area (Å²) in [5, 5.41) is 10.4. The van der Waals surface area contributed by atoms with E-state index in [4.69, 9.17) is 4.74 Å². The van der Waals surface area contributed by atoms with Crippen molar-refractivity contribution < 1.29 is 9.53 Å². The SMILES string of the molecule is COc1ccc(Nc2cc(C)nc(Nc3ccc(NC(=O)c4ccc5ccccc5n4)cc3)n2)cc1. The highest BCUT2D eigenvalue weighted by Gasteiger charge is 2.09. The van der Waals surface area contributed by atoms with E-state index in [9.17, 15) is 4.79 Å². The summed E-state index contributed by atoms with van der Waals surface area (Å²) in [5.41, 5.74) is 4.30. The zero-order valence-electron chi connectivity index (χ0n) is 19.8. The van der Waals surface area contributed by atoms with Crippen molar-refractivity contribution in [3.63, 3.8) is 0 Å². The standard InChI is InChI=1S/C28H24N6O2/c1-18-17-26(30-20-12-14-23(36-2)15-13-20)34-28(29-18)32-22-10-8-21(9-11-22)31-27(35)25-16-7-19-5-3-4-6-24(19)33-25/h3-17H,1-2H3,(H,31,35)(H2,29,30,32,34). The number of nitrogens with zero attached hydrogens (tertiary/aromatic N) is 3. The fraction of sp³-hybridized carbons (Fsp3) is 0.0714. The van der Waals surface area contributed by atoms with Crippen molar-refractivity contribution in [3.05, 3.63) is 102 Å². The van der Waals surface area contributed by atoms with Gasteiger partial charge in [0.25, 0.3) is 5.91 Å². The summed E-state index contributed by atoms with van der Waals surface area (Å²) < 4.78 is 5.20. The molecule has 0 fully saturated rings. The minimum Gasteiger partial charge on any atom is -0.497 e. The van der Waals surface area contributed by atoms with E-state index >= 15 is 0 Å². The second-order valence-corrected chi connectivity index (χ2v) is 8.12. The van der Waals surface area contributed by atoms with Crippen LogP contribution in [-0.2, 0) is 0 Å². The van der Waals surface area contributed by atoms with Gasteiger partial charge in [0, 0.05) is 34.2 Å². The average Bonchev–Trinajstić information content (AvgIpc) is 2.89. The largest absolute Gasteiger partial charge is 0.497 e. The Bertz CT molecular complexity index is 1520. The molecule has 0 aliphatic heterocycles. The van der Waals surface area contributed by atoms with Crippen LogP contribution in [0.5, 0.6) is 5.75 Å². The Hall–Kier alpha value is -4.98. The molecule has 8 heteroatoms. The molecule has 2 heterocycles. The number of aryl methyl sites for hydroxylation is 1. The van der Waals surface area contributed by atoms with E-state index in [1.165, 1.54) is 0 Å². The molecule has 0 radical (unpaired) electrons. The molecule has 3 aromatic carbocycles. The second kappa shape index (κ2) is 10.1. The van der Waals surface area contributed by atoms with E-state index in [-0.39, 0.29) is 5.91 Å². The van der Waals surface area contributed by atoms with Crippen LogP contribution in [0.4, 0.5) is 28.8 Å². The Morgan fingerprint density at radius 2 is 1.44 bits per heavy atom. The first-order valence-corrected chi connectivity index (χ1v) is 11.4. The van der Waals surface area contributed by atoms with Gasteiger partial charge in [-0.05, 0) is 67.6 Å². The van der Waals surface area contributed by atoms with Gasteiger partial charge in [0.05, 0.1) is 12.6 Å². The number of amides is 1. The molecule has 0 atom stereocenters. The molecule has 0 unspecified atom stereocenters. The molecular weight excluding hydrogens is 452 g/mol. The maximum absolute atomic E-state index is 12.7. The summed E-state index contributed by atoms with van der Waals surface area (Å²) in [6.45, 7) is 1.91. The fourth-order valence-corrected chi connectivity index (χ4v) is 3.66. The van der Waals surface area contributed by atoms with E-state index in [0.717, 1.165) is 33.7 Å². The molecule has 0 bridgehead atoms. The van der Waals surface area contributed by atoms with Gasteiger partial charge in [-0.2, -0.15) is 4.98 Å².